The minimum Gasteiger partial charge on any atom is -0.473 e. The fourth-order valence-corrected chi connectivity index (χ4v) is 3.12. The van der Waals surface area contributed by atoms with E-state index in [4.69, 9.17) is 4.74 Å². The summed E-state index contributed by atoms with van der Waals surface area (Å²) in [7, 11) is 1.91. The van der Waals surface area contributed by atoms with Gasteiger partial charge in [-0.3, -0.25) is 4.68 Å². The molecule has 1 aliphatic carbocycles. The molecule has 1 aliphatic rings. The van der Waals surface area contributed by atoms with Gasteiger partial charge in [-0.05, 0) is 38.7 Å². The van der Waals surface area contributed by atoms with Gasteiger partial charge >= 0.3 is 0 Å². The predicted molar refractivity (Wildman–Crippen MR) is 83.3 cm³/mol. The van der Waals surface area contributed by atoms with E-state index in [-0.39, 0.29) is 6.10 Å². The molecule has 0 unspecified atom stereocenters. The first-order chi connectivity index (χ1) is 10.7. The lowest BCUT2D eigenvalue weighted by Gasteiger charge is -2.14. The third kappa shape index (κ3) is 2.24. The molecule has 0 aliphatic heterocycles. The third-order valence-corrected chi connectivity index (χ3v) is 4.16. The molecule has 3 heterocycles. The van der Waals surface area contributed by atoms with Crippen molar-refractivity contribution in [2.24, 2.45) is 7.05 Å². The zero-order chi connectivity index (χ0) is 15.1. The summed E-state index contributed by atoms with van der Waals surface area (Å²) in [6, 6.07) is 2.00. The number of hydrogen-bond acceptors (Lipinski definition) is 4. The summed E-state index contributed by atoms with van der Waals surface area (Å²) >= 11 is 0. The van der Waals surface area contributed by atoms with Gasteiger partial charge in [0.25, 0.3) is 0 Å². The lowest BCUT2D eigenvalue weighted by atomic mass is 10.3. The van der Waals surface area contributed by atoms with Gasteiger partial charge < -0.3 is 9.30 Å². The van der Waals surface area contributed by atoms with E-state index in [2.05, 4.69) is 15.1 Å². The first kappa shape index (κ1) is 13.3. The van der Waals surface area contributed by atoms with Crippen molar-refractivity contribution in [3.05, 3.63) is 30.5 Å². The smallest absolute Gasteiger partial charge is 0.242 e. The Morgan fingerprint density at radius 2 is 2.05 bits per heavy atom. The first-order valence-corrected chi connectivity index (χ1v) is 7.72. The molecule has 3 aromatic heterocycles. The van der Waals surface area contributed by atoms with Crippen molar-refractivity contribution in [3.63, 3.8) is 0 Å². The van der Waals surface area contributed by atoms with Crippen molar-refractivity contribution < 1.29 is 4.74 Å². The Hall–Kier alpha value is -2.37. The van der Waals surface area contributed by atoms with Crippen LogP contribution in [-0.2, 0) is 7.05 Å². The molecule has 1 fully saturated rings. The van der Waals surface area contributed by atoms with Gasteiger partial charge in [0.1, 0.15) is 17.4 Å². The van der Waals surface area contributed by atoms with Crippen LogP contribution in [0.5, 0.6) is 5.88 Å². The van der Waals surface area contributed by atoms with Gasteiger partial charge in [-0.25, -0.2) is 4.98 Å². The number of ether oxygens (including phenoxy) is 1. The zero-order valence-corrected chi connectivity index (χ0v) is 12.9. The van der Waals surface area contributed by atoms with Gasteiger partial charge in [0, 0.05) is 19.4 Å². The molecule has 1 saturated carbocycles. The molecule has 0 N–H and O–H groups in total. The monoisotopic (exact) mass is 297 g/mol. The molecule has 4 rings (SSSR count). The quantitative estimate of drug-likeness (QED) is 0.746. The standard InChI is InChI=1S/C16H19N5O/c1-11-18-14-7-8-21(12-9-17-20(2)10-12)15(14)16(19-11)22-13-5-3-4-6-13/h7-10,13H,3-6H2,1-2H3. The highest BCUT2D eigenvalue weighted by Crippen LogP contribution is 2.30. The van der Waals surface area contributed by atoms with Crippen LogP contribution in [0.2, 0.25) is 0 Å². The number of nitrogens with zero attached hydrogens (tertiary/aromatic N) is 5. The van der Waals surface area contributed by atoms with Crippen LogP contribution in [0.25, 0.3) is 16.7 Å². The maximum Gasteiger partial charge on any atom is 0.242 e. The Morgan fingerprint density at radius 3 is 2.77 bits per heavy atom. The molecule has 0 aromatic carbocycles. The molecule has 0 spiro atoms. The summed E-state index contributed by atoms with van der Waals surface area (Å²) in [5.41, 5.74) is 2.82. The molecule has 22 heavy (non-hydrogen) atoms. The van der Waals surface area contributed by atoms with Crippen LogP contribution in [-0.4, -0.2) is 30.4 Å². The summed E-state index contributed by atoms with van der Waals surface area (Å²) < 4.78 is 10.0. The lowest BCUT2D eigenvalue weighted by Crippen LogP contribution is -2.13. The van der Waals surface area contributed by atoms with Crippen LogP contribution in [0.3, 0.4) is 0 Å². The topological polar surface area (TPSA) is 57.8 Å². The minimum atomic E-state index is 0.273. The molecule has 6 heteroatoms. The number of hydrogen-bond donors (Lipinski definition) is 0. The van der Waals surface area contributed by atoms with Gasteiger partial charge in [-0.2, -0.15) is 10.1 Å². The molecule has 0 amide bonds. The molecule has 3 aromatic rings. The predicted octanol–water partition coefficient (Wildman–Crippen LogP) is 2.78. The van der Waals surface area contributed by atoms with Crippen LogP contribution in [0.1, 0.15) is 31.5 Å². The van der Waals surface area contributed by atoms with Gasteiger partial charge in [-0.1, -0.05) is 0 Å². The normalized spacial score (nSPS) is 15.7. The highest BCUT2D eigenvalue weighted by atomic mass is 16.5. The van der Waals surface area contributed by atoms with Crippen LogP contribution in [0.15, 0.2) is 24.7 Å². The second kappa shape index (κ2) is 5.12. The van der Waals surface area contributed by atoms with Crippen molar-refractivity contribution in [1.82, 2.24) is 24.3 Å². The van der Waals surface area contributed by atoms with Crippen molar-refractivity contribution >= 4 is 11.0 Å². The average Bonchev–Trinajstić information content (AvgIpc) is 3.18. The van der Waals surface area contributed by atoms with E-state index >= 15 is 0 Å². The van der Waals surface area contributed by atoms with Crippen LogP contribution in [0.4, 0.5) is 0 Å². The fraction of sp³-hybridized carbons (Fsp3) is 0.438. The Labute approximate surface area is 128 Å². The summed E-state index contributed by atoms with van der Waals surface area (Å²) in [6.45, 7) is 1.91. The molecule has 0 atom stereocenters. The number of fused-ring (bicyclic) bond motifs is 1. The van der Waals surface area contributed by atoms with Crippen LogP contribution in [0, 0.1) is 6.92 Å². The number of aromatic nitrogens is 5. The molecule has 0 radical (unpaired) electrons. The van der Waals surface area contributed by atoms with E-state index < -0.39 is 0 Å². The zero-order valence-electron chi connectivity index (χ0n) is 12.9. The molecule has 114 valence electrons. The second-order valence-electron chi connectivity index (χ2n) is 5.89. The number of aryl methyl sites for hydroxylation is 2. The first-order valence-electron chi connectivity index (χ1n) is 7.72. The Morgan fingerprint density at radius 1 is 1.23 bits per heavy atom. The van der Waals surface area contributed by atoms with Crippen molar-refractivity contribution in [2.45, 2.75) is 38.7 Å². The van der Waals surface area contributed by atoms with Gasteiger partial charge in [0.15, 0.2) is 0 Å². The van der Waals surface area contributed by atoms with Gasteiger partial charge in [0.2, 0.25) is 5.88 Å². The molecule has 0 saturated heterocycles. The van der Waals surface area contributed by atoms with Crippen LogP contribution < -0.4 is 4.74 Å². The van der Waals surface area contributed by atoms with Gasteiger partial charge in [-0.15, -0.1) is 0 Å². The van der Waals surface area contributed by atoms with Crippen molar-refractivity contribution in [3.8, 4) is 11.6 Å². The Bertz CT molecular complexity index is 813. The molecular formula is C16H19N5O. The highest BCUT2D eigenvalue weighted by Gasteiger charge is 2.21. The maximum atomic E-state index is 6.20. The SMILES string of the molecule is Cc1nc(OC2CCCC2)c2c(ccn2-c2cnn(C)c2)n1. The van der Waals surface area contributed by atoms with Gasteiger partial charge in [0.05, 0.1) is 17.4 Å². The summed E-state index contributed by atoms with van der Waals surface area (Å²) in [5.74, 6) is 1.42. The Kier molecular flexibility index (Phi) is 3.10. The van der Waals surface area contributed by atoms with E-state index in [1.807, 2.05) is 43.2 Å². The largest absolute Gasteiger partial charge is 0.473 e. The van der Waals surface area contributed by atoms with Crippen molar-refractivity contribution in [2.75, 3.05) is 0 Å². The third-order valence-electron chi connectivity index (χ3n) is 4.16. The molecular weight excluding hydrogens is 278 g/mol. The van der Waals surface area contributed by atoms with Crippen molar-refractivity contribution in [1.29, 1.82) is 0 Å². The summed E-state index contributed by atoms with van der Waals surface area (Å²) in [4.78, 5) is 9.07. The lowest BCUT2D eigenvalue weighted by molar-refractivity contribution is 0.203. The molecule has 0 bridgehead atoms. The van der Waals surface area contributed by atoms with E-state index in [1.54, 1.807) is 4.68 Å². The molecule has 6 nitrogen and oxygen atoms in total. The van der Waals surface area contributed by atoms with E-state index in [0.29, 0.717) is 5.88 Å². The van der Waals surface area contributed by atoms with E-state index in [0.717, 1.165) is 35.4 Å². The second-order valence-corrected chi connectivity index (χ2v) is 5.89. The fourth-order valence-electron chi connectivity index (χ4n) is 3.12. The summed E-state index contributed by atoms with van der Waals surface area (Å²) in [5, 5.41) is 4.24. The highest BCUT2D eigenvalue weighted by molar-refractivity contribution is 5.82. The Balaban J connectivity index is 1.84. The maximum absolute atomic E-state index is 6.20. The average molecular weight is 297 g/mol. The van der Waals surface area contributed by atoms with E-state index in [1.165, 1.54) is 12.8 Å². The van der Waals surface area contributed by atoms with E-state index in [9.17, 15) is 0 Å². The number of rotatable bonds is 3. The minimum absolute atomic E-state index is 0.273. The summed E-state index contributed by atoms with van der Waals surface area (Å²) in [6.07, 6.45) is 10.8. The van der Waals surface area contributed by atoms with Crippen LogP contribution >= 0.6 is 0 Å².